The zero-order chi connectivity index (χ0) is 18.7. The highest BCUT2D eigenvalue weighted by Crippen LogP contribution is 2.26. The maximum absolute atomic E-state index is 12.5. The number of nitrogens with one attached hydrogen (secondary N) is 1. The van der Waals surface area contributed by atoms with Gasteiger partial charge in [0.05, 0.1) is 10.0 Å². The van der Waals surface area contributed by atoms with Crippen LogP contribution in [0.4, 0.5) is 10.5 Å². The predicted molar refractivity (Wildman–Crippen MR) is 102 cm³/mol. The number of rotatable bonds is 3. The summed E-state index contributed by atoms with van der Waals surface area (Å²) in [6.07, 6.45) is 1.21. The quantitative estimate of drug-likeness (QED) is 0.735. The number of halogens is 2. The molecule has 0 atom stereocenters. The molecule has 0 spiro atoms. The number of hydrogen-bond donors (Lipinski definition) is 2. The van der Waals surface area contributed by atoms with Crippen LogP contribution in [0.1, 0.15) is 23.2 Å². The van der Waals surface area contributed by atoms with E-state index in [0.29, 0.717) is 47.2 Å². The summed E-state index contributed by atoms with van der Waals surface area (Å²) in [6.45, 7) is 1.00. The van der Waals surface area contributed by atoms with Gasteiger partial charge in [-0.05, 0) is 55.3 Å². The van der Waals surface area contributed by atoms with E-state index in [1.165, 1.54) is 12.1 Å². The number of piperidine rings is 1. The van der Waals surface area contributed by atoms with Gasteiger partial charge in [-0.15, -0.1) is 0 Å². The first-order chi connectivity index (χ1) is 12.4. The van der Waals surface area contributed by atoms with Crippen LogP contribution in [0.3, 0.4) is 0 Å². The van der Waals surface area contributed by atoms with E-state index in [1.54, 1.807) is 35.2 Å². The maximum atomic E-state index is 12.5. The zero-order valence-electron chi connectivity index (χ0n) is 13.9. The van der Waals surface area contributed by atoms with E-state index < -0.39 is 0 Å². The molecular weight excluding hydrogens is 375 g/mol. The first-order valence-electron chi connectivity index (χ1n) is 8.28. The molecule has 136 valence electrons. The summed E-state index contributed by atoms with van der Waals surface area (Å²) < 4.78 is 0. The van der Waals surface area contributed by atoms with Crippen LogP contribution in [0.25, 0.3) is 0 Å². The lowest BCUT2D eigenvalue weighted by Gasteiger charge is -2.31. The third kappa shape index (κ3) is 4.29. The Morgan fingerprint density at radius 1 is 1.00 bits per heavy atom. The van der Waals surface area contributed by atoms with Crippen molar-refractivity contribution in [3.8, 4) is 5.75 Å². The number of nitrogens with zero attached hydrogens (tertiary/aromatic N) is 1. The minimum Gasteiger partial charge on any atom is -0.508 e. The molecule has 0 aromatic heterocycles. The van der Waals surface area contributed by atoms with Crippen LogP contribution in [-0.4, -0.2) is 34.9 Å². The van der Waals surface area contributed by atoms with Gasteiger partial charge in [0.15, 0.2) is 5.78 Å². The summed E-state index contributed by atoms with van der Waals surface area (Å²) >= 11 is 11.8. The fourth-order valence-corrected chi connectivity index (χ4v) is 3.28. The van der Waals surface area contributed by atoms with Crippen molar-refractivity contribution < 1.29 is 14.7 Å². The number of anilines is 1. The van der Waals surface area contributed by atoms with Gasteiger partial charge in [-0.1, -0.05) is 23.2 Å². The molecule has 1 heterocycles. The molecule has 1 saturated heterocycles. The van der Waals surface area contributed by atoms with Crippen LogP contribution in [-0.2, 0) is 0 Å². The van der Waals surface area contributed by atoms with Crippen LogP contribution < -0.4 is 5.32 Å². The normalized spacial score (nSPS) is 14.9. The van der Waals surface area contributed by atoms with Gasteiger partial charge in [0.1, 0.15) is 5.75 Å². The highest BCUT2D eigenvalue weighted by Gasteiger charge is 2.28. The standard InChI is InChI=1S/C19H18Cl2N2O3/c20-16-6-3-14(11-17(16)21)22-19(26)23-9-7-13(8-10-23)18(25)12-1-4-15(24)5-2-12/h1-6,11,13,24H,7-10H2,(H,22,26). The third-order valence-corrected chi connectivity index (χ3v) is 5.21. The molecule has 0 saturated carbocycles. The lowest BCUT2D eigenvalue weighted by atomic mass is 9.89. The van der Waals surface area contributed by atoms with Crippen LogP contribution >= 0.6 is 23.2 Å². The number of benzene rings is 2. The Morgan fingerprint density at radius 2 is 1.65 bits per heavy atom. The molecule has 2 N–H and O–H groups in total. The average molecular weight is 393 g/mol. The number of likely N-dealkylation sites (tertiary alicyclic amines) is 1. The lowest BCUT2D eigenvalue weighted by molar-refractivity contribution is 0.0859. The molecule has 2 aromatic carbocycles. The number of hydrogen-bond acceptors (Lipinski definition) is 3. The largest absolute Gasteiger partial charge is 0.508 e. The van der Waals surface area contributed by atoms with E-state index in [1.807, 2.05) is 0 Å². The summed E-state index contributed by atoms with van der Waals surface area (Å²) in [6, 6.07) is 11.0. The molecule has 3 rings (SSSR count). The smallest absolute Gasteiger partial charge is 0.321 e. The van der Waals surface area contributed by atoms with Crippen LogP contribution in [0.5, 0.6) is 5.75 Å². The Morgan fingerprint density at radius 3 is 2.27 bits per heavy atom. The Hall–Kier alpha value is -2.24. The fraction of sp³-hybridized carbons (Fsp3) is 0.263. The maximum Gasteiger partial charge on any atom is 0.321 e. The molecule has 1 fully saturated rings. The van der Waals surface area contributed by atoms with Gasteiger partial charge in [-0.25, -0.2) is 4.79 Å². The third-order valence-electron chi connectivity index (χ3n) is 4.48. The molecule has 5 nitrogen and oxygen atoms in total. The summed E-state index contributed by atoms with van der Waals surface area (Å²) in [5.41, 5.74) is 1.16. The number of phenolic OH excluding ortho intramolecular Hbond substituents is 1. The molecule has 0 radical (unpaired) electrons. The van der Waals surface area contributed by atoms with Crippen molar-refractivity contribution >= 4 is 40.7 Å². The second-order valence-corrected chi connectivity index (χ2v) is 7.05. The minimum atomic E-state index is -0.223. The van der Waals surface area contributed by atoms with E-state index in [9.17, 15) is 14.7 Å². The molecular formula is C19H18Cl2N2O3. The van der Waals surface area contributed by atoms with Gasteiger partial charge in [0, 0.05) is 30.3 Å². The van der Waals surface area contributed by atoms with Gasteiger partial charge in [-0.2, -0.15) is 0 Å². The van der Waals surface area contributed by atoms with Crippen LogP contribution in [0, 0.1) is 5.92 Å². The first kappa shape index (κ1) is 18.5. The van der Waals surface area contributed by atoms with Gasteiger partial charge < -0.3 is 15.3 Å². The number of Topliss-reactive ketones (excluding diaryl/α,β-unsaturated/α-hetero) is 1. The lowest BCUT2D eigenvalue weighted by Crippen LogP contribution is -2.42. The van der Waals surface area contributed by atoms with Crippen molar-refractivity contribution in [3.05, 3.63) is 58.1 Å². The summed E-state index contributed by atoms with van der Waals surface area (Å²) in [7, 11) is 0. The van der Waals surface area contributed by atoms with Gasteiger partial charge in [-0.3, -0.25) is 4.79 Å². The van der Waals surface area contributed by atoms with E-state index in [-0.39, 0.29) is 23.5 Å². The average Bonchev–Trinajstić information content (AvgIpc) is 2.65. The Kier molecular flexibility index (Phi) is 5.69. The number of aromatic hydroxyl groups is 1. The van der Waals surface area contributed by atoms with E-state index in [2.05, 4.69) is 5.32 Å². The van der Waals surface area contributed by atoms with Crippen molar-refractivity contribution in [1.29, 1.82) is 0 Å². The van der Waals surface area contributed by atoms with Crippen molar-refractivity contribution in [2.24, 2.45) is 5.92 Å². The molecule has 0 bridgehead atoms. The molecule has 1 aliphatic heterocycles. The number of phenols is 1. The number of carbonyl (C=O) groups excluding carboxylic acids is 2. The highest BCUT2D eigenvalue weighted by atomic mass is 35.5. The fourth-order valence-electron chi connectivity index (χ4n) is 2.98. The van der Waals surface area contributed by atoms with Crippen molar-refractivity contribution in [1.82, 2.24) is 4.90 Å². The number of carbonyl (C=O) groups is 2. The Bertz CT molecular complexity index is 816. The predicted octanol–water partition coefficient (Wildman–Crippen LogP) is 4.83. The summed E-state index contributed by atoms with van der Waals surface area (Å²) in [5, 5.41) is 12.9. The van der Waals surface area contributed by atoms with E-state index in [0.717, 1.165) is 0 Å². The van der Waals surface area contributed by atoms with E-state index in [4.69, 9.17) is 23.2 Å². The zero-order valence-corrected chi connectivity index (χ0v) is 15.4. The monoisotopic (exact) mass is 392 g/mol. The topological polar surface area (TPSA) is 69.6 Å². The Labute approximate surface area is 161 Å². The van der Waals surface area contributed by atoms with Gasteiger partial charge in [0.2, 0.25) is 0 Å². The Balaban J connectivity index is 1.55. The SMILES string of the molecule is O=C(c1ccc(O)cc1)C1CCN(C(=O)Nc2ccc(Cl)c(Cl)c2)CC1. The first-order valence-corrected chi connectivity index (χ1v) is 9.04. The van der Waals surface area contributed by atoms with Gasteiger partial charge in [0.25, 0.3) is 0 Å². The second-order valence-electron chi connectivity index (χ2n) is 6.23. The molecule has 0 unspecified atom stereocenters. The van der Waals surface area contributed by atoms with Crippen LogP contribution in [0.15, 0.2) is 42.5 Å². The number of ketones is 1. The molecule has 0 aliphatic carbocycles. The number of amides is 2. The molecule has 1 aliphatic rings. The van der Waals surface area contributed by atoms with Crippen molar-refractivity contribution in [3.63, 3.8) is 0 Å². The minimum absolute atomic E-state index is 0.0505. The van der Waals surface area contributed by atoms with Crippen LogP contribution in [0.2, 0.25) is 10.0 Å². The summed E-state index contributed by atoms with van der Waals surface area (Å²) in [4.78, 5) is 26.6. The summed E-state index contributed by atoms with van der Waals surface area (Å²) in [5.74, 6) is 0.0680. The van der Waals surface area contributed by atoms with Crippen molar-refractivity contribution in [2.45, 2.75) is 12.8 Å². The van der Waals surface area contributed by atoms with Crippen molar-refractivity contribution in [2.75, 3.05) is 18.4 Å². The number of urea groups is 1. The van der Waals surface area contributed by atoms with E-state index >= 15 is 0 Å². The van der Waals surface area contributed by atoms with Gasteiger partial charge >= 0.3 is 6.03 Å². The molecule has 2 amide bonds. The molecule has 2 aromatic rings. The molecule has 26 heavy (non-hydrogen) atoms. The second kappa shape index (κ2) is 7.98. The highest BCUT2D eigenvalue weighted by molar-refractivity contribution is 6.42. The molecule has 7 heteroatoms.